The van der Waals surface area contributed by atoms with Gasteiger partial charge in [0.2, 0.25) is 5.78 Å². The summed E-state index contributed by atoms with van der Waals surface area (Å²) in [5.74, 6) is 4.50. The van der Waals surface area contributed by atoms with Crippen molar-refractivity contribution >= 4 is 13.4 Å². The number of ketones is 1. The van der Waals surface area contributed by atoms with Crippen LogP contribution < -0.4 is 0 Å². The average Bonchev–Trinajstić information content (AvgIpc) is 2.14. The molecule has 0 atom stereocenters. The number of rotatable bonds is 4. The molecule has 0 rings (SSSR count). The molecular formula is C8H13O4P. The van der Waals surface area contributed by atoms with Crippen molar-refractivity contribution in [1.82, 2.24) is 0 Å². The van der Waals surface area contributed by atoms with Crippen LogP contribution in [0.25, 0.3) is 0 Å². The molecule has 0 aromatic carbocycles. The molecule has 0 bridgehead atoms. The molecule has 4 nitrogen and oxygen atoms in total. The van der Waals surface area contributed by atoms with Crippen molar-refractivity contribution < 1.29 is 18.4 Å². The first-order valence-electron chi connectivity index (χ1n) is 3.80. The van der Waals surface area contributed by atoms with E-state index in [1.807, 2.05) is 6.92 Å². The molecule has 74 valence electrons. The van der Waals surface area contributed by atoms with E-state index in [2.05, 4.69) is 20.9 Å². The minimum absolute atomic E-state index is 0.285. The second kappa shape index (κ2) is 5.93. The Morgan fingerprint density at radius 2 is 1.92 bits per heavy atom. The summed E-state index contributed by atoms with van der Waals surface area (Å²) >= 11 is 0. The molecule has 0 radical (unpaired) electrons. The second-order valence-corrected chi connectivity index (χ2v) is 4.48. The Bertz CT molecular complexity index is 266. The van der Waals surface area contributed by atoms with Crippen molar-refractivity contribution in [2.45, 2.75) is 13.3 Å². The fourth-order valence-electron chi connectivity index (χ4n) is 0.606. The van der Waals surface area contributed by atoms with E-state index in [1.165, 1.54) is 14.2 Å². The monoisotopic (exact) mass is 204 g/mol. The van der Waals surface area contributed by atoms with Gasteiger partial charge < -0.3 is 9.05 Å². The first kappa shape index (κ1) is 12.4. The predicted octanol–water partition coefficient (Wildman–Crippen LogP) is 1.45. The van der Waals surface area contributed by atoms with Gasteiger partial charge in [-0.3, -0.25) is 9.36 Å². The van der Waals surface area contributed by atoms with Crippen LogP contribution in [0.4, 0.5) is 0 Å². The van der Waals surface area contributed by atoms with E-state index in [1.54, 1.807) is 0 Å². The third-order valence-electron chi connectivity index (χ3n) is 1.30. The number of hydrogen-bond acceptors (Lipinski definition) is 4. The fourth-order valence-corrected chi connectivity index (χ4v) is 1.44. The van der Waals surface area contributed by atoms with Crippen LogP contribution in [0.1, 0.15) is 13.3 Å². The van der Waals surface area contributed by atoms with Crippen molar-refractivity contribution in [2.75, 3.05) is 20.4 Å². The number of carbonyl (C=O) groups excluding carboxylic acids is 1. The molecule has 0 aliphatic carbocycles. The van der Waals surface area contributed by atoms with E-state index < -0.39 is 13.4 Å². The fraction of sp³-hybridized carbons (Fsp3) is 0.625. The largest absolute Gasteiger partial charge is 0.338 e. The summed E-state index contributed by atoms with van der Waals surface area (Å²) in [6, 6.07) is 0. The number of carbonyl (C=O) groups is 1. The highest BCUT2D eigenvalue weighted by atomic mass is 31.2. The lowest BCUT2D eigenvalue weighted by molar-refractivity contribution is -0.111. The minimum atomic E-state index is -3.23. The molecule has 0 amide bonds. The molecule has 5 heteroatoms. The van der Waals surface area contributed by atoms with Gasteiger partial charge in [0.15, 0.2) is 0 Å². The summed E-state index contributed by atoms with van der Waals surface area (Å²) in [5, 5.41) is 0. The van der Waals surface area contributed by atoms with Crippen LogP contribution in [0.5, 0.6) is 0 Å². The molecule has 13 heavy (non-hydrogen) atoms. The second-order valence-electron chi connectivity index (χ2n) is 2.21. The molecular weight excluding hydrogens is 191 g/mol. The minimum Gasteiger partial charge on any atom is -0.312 e. The highest BCUT2D eigenvalue weighted by molar-refractivity contribution is 7.54. The molecule has 0 fully saturated rings. The number of hydrogen-bond donors (Lipinski definition) is 0. The van der Waals surface area contributed by atoms with Gasteiger partial charge >= 0.3 is 7.60 Å². The van der Waals surface area contributed by atoms with E-state index in [-0.39, 0.29) is 6.16 Å². The lowest BCUT2D eigenvalue weighted by atomic mass is 10.4. The summed E-state index contributed by atoms with van der Waals surface area (Å²) in [7, 11) is -0.748. The van der Waals surface area contributed by atoms with Gasteiger partial charge in [0.05, 0.1) is 0 Å². The van der Waals surface area contributed by atoms with E-state index in [0.717, 1.165) is 0 Å². The SMILES string of the molecule is CCC#CC(=O)CP(=O)(OC)OC. The lowest BCUT2D eigenvalue weighted by Crippen LogP contribution is -2.05. The van der Waals surface area contributed by atoms with Crippen molar-refractivity contribution in [2.24, 2.45) is 0 Å². The molecule has 0 saturated heterocycles. The van der Waals surface area contributed by atoms with Crippen LogP contribution >= 0.6 is 7.60 Å². The Morgan fingerprint density at radius 3 is 2.31 bits per heavy atom. The Morgan fingerprint density at radius 1 is 1.38 bits per heavy atom. The Labute approximate surface area is 78.1 Å². The summed E-state index contributed by atoms with van der Waals surface area (Å²) in [6.07, 6.45) is 0.309. The van der Waals surface area contributed by atoms with Gasteiger partial charge in [-0.2, -0.15) is 0 Å². The molecule has 0 N–H and O–H groups in total. The van der Waals surface area contributed by atoms with E-state index in [0.29, 0.717) is 6.42 Å². The summed E-state index contributed by atoms with van der Waals surface area (Å²) in [4.78, 5) is 11.0. The van der Waals surface area contributed by atoms with E-state index >= 15 is 0 Å². The topological polar surface area (TPSA) is 52.6 Å². The van der Waals surface area contributed by atoms with Crippen LogP contribution in [-0.2, 0) is 18.4 Å². The van der Waals surface area contributed by atoms with Crippen molar-refractivity contribution in [3.63, 3.8) is 0 Å². The molecule has 0 saturated carbocycles. The van der Waals surface area contributed by atoms with Crippen LogP contribution in [0.3, 0.4) is 0 Å². The Kier molecular flexibility index (Phi) is 5.65. The van der Waals surface area contributed by atoms with Gasteiger partial charge in [0, 0.05) is 20.6 Å². The van der Waals surface area contributed by atoms with E-state index in [9.17, 15) is 9.36 Å². The standard InChI is InChI=1S/C8H13O4P/c1-4-5-6-8(9)7-13(10,11-2)12-3/h4,7H2,1-3H3. The molecule has 0 heterocycles. The highest BCUT2D eigenvalue weighted by Gasteiger charge is 2.24. The molecule has 0 aliphatic heterocycles. The summed E-state index contributed by atoms with van der Waals surface area (Å²) < 4.78 is 20.6. The maximum atomic E-state index is 11.4. The predicted molar refractivity (Wildman–Crippen MR) is 49.6 cm³/mol. The van der Waals surface area contributed by atoms with Crippen molar-refractivity contribution in [3.8, 4) is 11.8 Å². The highest BCUT2D eigenvalue weighted by Crippen LogP contribution is 2.45. The third kappa shape index (κ3) is 4.84. The average molecular weight is 204 g/mol. The van der Waals surface area contributed by atoms with Gasteiger partial charge in [-0.05, 0) is 5.92 Å². The van der Waals surface area contributed by atoms with Crippen molar-refractivity contribution in [1.29, 1.82) is 0 Å². The lowest BCUT2D eigenvalue weighted by Gasteiger charge is -2.10. The van der Waals surface area contributed by atoms with Gasteiger partial charge in [0.1, 0.15) is 6.16 Å². The quantitative estimate of drug-likeness (QED) is 0.395. The third-order valence-corrected chi connectivity index (χ3v) is 3.09. The summed E-state index contributed by atoms with van der Waals surface area (Å²) in [5.41, 5.74) is 0. The zero-order valence-electron chi connectivity index (χ0n) is 7.99. The normalized spacial score (nSPS) is 10.4. The molecule has 0 spiro atoms. The van der Waals surface area contributed by atoms with Gasteiger partial charge in [-0.15, -0.1) is 0 Å². The molecule has 0 unspecified atom stereocenters. The van der Waals surface area contributed by atoms with Crippen LogP contribution in [0, 0.1) is 11.8 Å². The first-order chi connectivity index (χ1) is 6.08. The zero-order valence-corrected chi connectivity index (χ0v) is 8.89. The first-order valence-corrected chi connectivity index (χ1v) is 5.53. The van der Waals surface area contributed by atoms with Crippen LogP contribution in [0.2, 0.25) is 0 Å². The van der Waals surface area contributed by atoms with Gasteiger partial charge in [-0.25, -0.2) is 0 Å². The Balaban J connectivity index is 4.26. The van der Waals surface area contributed by atoms with Gasteiger partial charge in [-0.1, -0.05) is 12.8 Å². The van der Waals surface area contributed by atoms with Crippen LogP contribution in [-0.4, -0.2) is 26.2 Å². The maximum absolute atomic E-state index is 11.4. The molecule has 0 aromatic rings. The molecule has 0 aromatic heterocycles. The smallest absolute Gasteiger partial charge is 0.312 e. The molecule has 0 aliphatic rings. The zero-order chi connectivity index (χ0) is 10.3. The number of Topliss-reactive ketones (excluding diaryl/α,β-unsaturated/α-hetero) is 1. The summed E-state index contributed by atoms with van der Waals surface area (Å²) in [6.45, 7) is 1.83. The van der Waals surface area contributed by atoms with Crippen molar-refractivity contribution in [3.05, 3.63) is 0 Å². The van der Waals surface area contributed by atoms with Gasteiger partial charge in [0.25, 0.3) is 0 Å². The van der Waals surface area contributed by atoms with Crippen LogP contribution in [0.15, 0.2) is 0 Å². The maximum Gasteiger partial charge on any atom is 0.338 e. The Hall–Kier alpha value is -0.620. The van der Waals surface area contributed by atoms with E-state index in [4.69, 9.17) is 0 Å².